The van der Waals surface area contributed by atoms with E-state index in [2.05, 4.69) is 29.2 Å². The Morgan fingerprint density at radius 2 is 1.60 bits per heavy atom. The highest BCUT2D eigenvalue weighted by molar-refractivity contribution is 5.53. The lowest BCUT2D eigenvalue weighted by atomic mass is 9.96. The van der Waals surface area contributed by atoms with Gasteiger partial charge in [-0.2, -0.15) is 4.98 Å². The fourth-order valence-electron chi connectivity index (χ4n) is 2.32. The molecule has 3 rings (SSSR count). The van der Waals surface area contributed by atoms with E-state index in [0.717, 1.165) is 12.0 Å². The van der Waals surface area contributed by atoms with Crippen LogP contribution in [0.2, 0.25) is 0 Å². The molecule has 1 atom stereocenters. The van der Waals surface area contributed by atoms with E-state index in [-0.39, 0.29) is 5.92 Å². The summed E-state index contributed by atoms with van der Waals surface area (Å²) in [5.74, 6) is 1.48. The minimum atomic E-state index is 0.154. The molecular weight excluding hydrogens is 248 g/mol. The lowest BCUT2D eigenvalue weighted by Gasteiger charge is -2.09. The van der Waals surface area contributed by atoms with E-state index in [1.54, 1.807) is 0 Å². The molecule has 0 saturated heterocycles. The second kappa shape index (κ2) is 5.70. The van der Waals surface area contributed by atoms with Gasteiger partial charge in [-0.25, -0.2) is 0 Å². The summed E-state index contributed by atoms with van der Waals surface area (Å²) in [6, 6.07) is 20.2. The molecule has 3 heteroatoms. The van der Waals surface area contributed by atoms with Crippen LogP contribution in [0, 0.1) is 0 Å². The predicted molar refractivity (Wildman–Crippen MR) is 78.3 cm³/mol. The molecular formula is C17H16N2O. The number of hydrogen-bond donors (Lipinski definition) is 0. The maximum absolute atomic E-state index is 5.47. The first-order chi connectivity index (χ1) is 9.88. The summed E-state index contributed by atoms with van der Waals surface area (Å²) in [4.78, 5) is 4.55. The van der Waals surface area contributed by atoms with Gasteiger partial charge in [-0.05, 0) is 12.0 Å². The summed E-state index contributed by atoms with van der Waals surface area (Å²) in [6.07, 6.45) is 0.931. The first-order valence-corrected chi connectivity index (χ1v) is 6.82. The molecule has 0 N–H and O–H groups in total. The summed E-state index contributed by atoms with van der Waals surface area (Å²) in [7, 11) is 0. The number of benzene rings is 2. The standard InChI is InChI=1S/C17H16N2O/c1-2-15(13-9-5-3-6-10-13)17-18-16(19-20-17)14-11-7-4-8-12-14/h3-12,15H,2H2,1H3/t15-/m0/s1. The summed E-state index contributed by atoms with van der Waals surface area (Å²) < 4.78 is 5.47. The Morgan fingerprint density at radius 3 is 2.25 bits per heavy atom. The number of hydrogen-bond acceptors (Lipinski definition) is 3. The highest BCUT2D eigenvalue weighted by atomic mass is 16.5. The van der Waals surface area contributed by atoms with Crippen LogP contribution in [0.5, 0.6) is 0 Å². The second-order valence-electron chi connectivity index (χ2n) is 4.69. The molecule has 0 fully saturated rings. The Kier molecular flexibility index (Phi) is 3.59. The predicted octanol–water partition coefficient (Wildman–Crippen LogP) is 4.28. The highest BCUT2D eigenvalue weighted by Crippen LogP contribution is 2.27. The largest absolute Gasteiger partial charge is 0.338 e. The zero-order valence-electron chi connectivity index (χ0n) is 11.4. The molecule has 0 bridgehead atoms. The number of rotatable bonds is 4. The van der Waals surface area contributed by atoms with Gasteiger partial charge in [0.25, 0.3) is 0 Å². The van der Waals surface area contributed by atoms with Crippen molar-refractivity contribution in [2.75, 3.05) is 0 Å². The first-order valence-electron chi connectivity index (χ1n) is 6.82. The lowest BCUT2D eigenvalue weighted by molar-refractivity contribution is 0.363. The van der Waals surface area contributed by atoms with Crippen molar-refractivity contribution in [1.82, 2.24) is 10.1 Å². The molecule has 100 valence electrons. The molecule has 3 nitrogen and oxygen atoms in total. The topological polar surface area (TPSA) is 38.9 Å². The van der Waals surface area contributed by atoms with Crippen molar-refractivity contribution in [2.24, 2.45) is 0 Å². The minimum Gasteiger partial charge on any atom is -0.338 e. The van der Waals surface area contributed by atoms with Crippen molar-refractivity contribution in [3.63, 3.8) is 0 Å². The molecule has 0 radical (unpaired) electrons. The van der Waals surface area contributed by atoms with E-state index in [9.17, 15) is 0 Å². The number of nitrogens with zero attached hydrogens (tertiary/aromatic N) is 2. The van der Waals surface area contributed by atoms with Crippen LogP contribution in [0.1, 0.15) is 30.7 Å². The average Bonchev–Trinajstić information content (AvgIpc) is 3.00. The van der Waals surface area contributed by atoms with Crippen molar-refractivity contribution >= 4 is 0 Å². The third-order valence-corrected chi connectivity index (χ3v) is 3.38. The van der Waals surface area contributed by atoms with Gasteiger partial charge in [-0.3, -0.25) is 0 Å². The Balaban J connectivity index is 1.93. The Morgan fingerprint density at radius 1 is 0.950 bits per heavy atom. The van der Waals surface area contributed by atoms with E-state index in [1.807, 2.05) is 48.5 Å². The monoisotopic (exact) mass is 264 g/mol. The maximum Gasteiger partial charge on any atom is 0.234 e. The van der Waals surface area contributed by atoms with Crippen molar-refractivity contribution in [3.8, 4) is 11.4 Å². The molecule has 0 spiro atoms. The molecule has 0 saturated carbocycles. The Labute approximate surface area is 118 Å². The van der Waals surface area contributed by atoms with Crippen LogP contribution in [-0.2, 0) is 0 Å². The van der Waals surface area contributed by atoms with Gasteiger partial charge < -0.3 is 4.52 Å². The van der Waals surface area contributed by atoms with Crippen LogP contribution in [-0.4, -0.2) is 10.1 Å². The molecule has 0 aliphatic rings. The van der Waals surface area contributed by atoms with Gasteiger partial charge in [0, 0.05) is 5.56 Å². The molecule has 0 aliphatic carbocycles. The van der Waals surface area contributed by atoms with E-state index < -0.39 is 0 Å². The van der Waals surface area contributed by atoms with Crippen LogP contribution in [0.4, 0.5) is 0 Å². The fourth-order valence-corrected chi connectivity index (χ4v) is 2.32. The highest BCUT2D eigenvalue weighted by Gasteiger charge is 2.19. The Hall–Kier alpha value is -2.42. The van der Waals surface area contributed by atoms with Crippen LogP contribution in [0.15, 0.2) is 65.2 Å². The summed E-state index contributed by atoms with van der Waals surface area (Å²) in [5, 5.41) is 4.09. The zero-order valence-corrected chi connectivity index (χ0v) is 11.4. The van der Waals surface area contributed by atoms with E-state index in [0.29, 0.717) is 11.7 Å². The fraction of sp³-hybridized carbons (Fsp3) is 0.176. The van der Waals surface area contributed by atoms with E-state index in [4.69, 9.17) is 4.52 Å². The van der Waals surface area contributed by atoms with Gasteiger partial charge in [-0.15, -0.1) is 0 Å². The lowest BCUT2D eigenvalue weighted by Crippen LogP contribution is -1.99. The smallest absolute Gasteiger partial charge is 0.234 e. The minimum absolute atomic E-state index is 0.154. The summed E-state index contributed by atoms with van der Waals surface area (Å²) >= 11 is 0. The third kappa shape index (κ3) is 2.48. The normalized spacial score (nSPS) is 12.2. The average molecular weight is 264 g/mol. The SMILES string of the molecule is CC[C@@H](c1ccccc1)c1nc(-c2ccccc2)no1. The van der Waals surface area contributed by atoms with Crippen molar-refractivity contribution < 1.29 is 4.52 Å². The molecule has 0 aliphatic heterocycles. The van der Waals surface area contributed by atoms with Crippen LogP contribution < -0.4 is 0 Å². The van der Waals surface area contributed by atoms with Gasteiger partial charge in [-0.1, -0.05) is 72.7 Å². The van der Waals surface area contributed by atoms with Crippen molar-refractivity contribution in [3.05, 3.63) is 72.1 Å². The van der Waals surface area contributed by atoms with Crippen molar-refractivity contribution in [1.29, 1.82) is 0 Å². The molecule has 0 unspecified atom stereocenters. The molecule has 1 aromatic heterocycles. The van der Waals surface area contributed by atoms with Gasteiger partial charge in [0.05, 0.1) is 5.92 Å². The zero-order chi connectivity index (χ0) is 13.8. The van der Waals surface area contributed by atoms with Gasteiger partial charge in [0.2, 0.25) is 11.7 Å². The molecule has 2 aromatic carbocycles. The van der Waals surface area contributed by atoms with Gasteiger partial charge >= 0.3 is 0 Å². The Bertz CT molecular complexity index is 662. The van der Waals surface area contributed by atoms with Gasteiger partial charge in [0.1, 0.15) is 0 Å². The summed E-state index contributed by atoms with van der Waals surface area (Å²) in [6.45, 7) is 2.13. The molecule has 1 heterocycles. The number of aromatic nitrogens is 2. The van der Waals surface area contributed by atoms with E-state index in [1.165, 1.54) is 5.56 Å². The maximum atomic E-state index is 5.47. The third-order valence-electron chi connectivity index (χ3n) is 3.38. The van der Waals surface area contributed by atoms with Crippen LogP contribution in [0.3, 0.4) is 0 Å². The van der Waals surface area contributed by atoms with Crippen molar-refractivity contribution in [2.45, 2.75) is 19.3 Å². The van der Waals surface area contributed by atoms with E-state index >= 15 is 0 Å². The van der Waals surface area contributed by atoms with Crippen LogP contribution in [0.25, 0.3) is 11.4 Å². The molecule has 0 amide bonds. The quantitative estimate of drug-likeness (QED) is 0.706. The van der Waals surface area contributed by atoms with Crippen LogP contribution >= 0.6 is 0 Å². The molecule has 20 heavy (non-hydrogen) atoms. The second-order valence-corrected chi connectivity index (χ2v) is 4.69. The summed E-state index contributed by atoms with van der Waals surface area (Å²) in [5.41, 5.74) is 2.18. The molecule has 3 aromatic rings. The van der Waals surface area contributed by atoms with Gasteiger partial charge in [0.15, 0.2) is 0 Å². The first kappa shape index (κ1) is 12.6.